The van der Waals surface area contributed by atoms with Crippen LogP contribution in [0.25, 0.3) is 0 Å². The lowest BCUT2D eigenvalue weighted by atomic mass is 10.1. The van der Waals surface area contributed by atoms with Gasteiger partial charge < -0.3 is 19.9 Å². The smallest absolute Gasteiger partial charge is 0.0587 e. The summed E-state index contributed by atoms with van der Waals surface area (Å²) < 4.78 is 5.02. The van der Waals surface area contributed by atoms with Gasteiger partial charge in [0, 0.05) is 57.1 Å². The van der Waals surface area contributed by atoms with Gasteiger partial charge in [0.15, 0.2) is 0 Å². The molecule has 1 aliphatic rings. The molecule has 4 nitrogen and oxygen atoms in total. The first-order valence-electron chi connectivity index (χ1n) is 7.70. The molecular weight excluding hydrogens is 286 g/mol. The van der Waals surface area contributed by atoms with Gasteiger partial charge in [-0.1, -0.05) is 24.6 Å². The zero-order chi connectivity index (χ0) is 15.1. The van der Waals surface area contributed by atoms with Crippen LogP contribution in [0.4, 0.5) is 5.69 Å². The molecule has 0 radical (unpaired) electrons. The number of anilines is 1. The summed E-state index contributed by atoms with van der Waals surface area (Å²) in [5.74, 6) is 0. The minimum atomic E-state index is 0.720. The van der Waals surface area contributed by atoms with Gasteiger partial charge in [0.25, 0.3) is 0 Å². The molecule has 1 fully saturated rings. The number of hydrogen-bond donors (Lipinski definition) is 1. The van der Waals surface area contributed by atoms with Crippen LogP contribution in [0.1, 0.15) is 12.5 Å². The molecule has 1 aromatic carbocycles. The van der Waals surface area contributed by atoms with Crippen molar-refractivity contribution < 1.29 is 4.74 Å². The van der Waals surface area contributed by atoms with Gasteiger partial charge in [0.1, 0.15) is 0 Å². The molecule has 1 N–H and O–H groups in total. The number of nitrogens with one attached hydrogen (secondary N) is 1. The minimum absolute atomic E-state index is 0.720. The molecule has 1 saturated heterocycles. The van der Waals surface area contributed by atoms with Crippen molar-refractivity contribution in [1.29, 1.82) is 0 Å². The second kappa shape index (κ2) is 8.59. The minimum Gasteiger partial charge on any atom is -0.383 e. The lowest BCUT2D eigenvalue weighted by molar-refractivity contribution is 0.199. The Balaban J connectivity index is 1.89. The molecule has 0 atom stereocenters. The van der Waals surface area contributed by atoms with E-state index in [2.05, 4.69) is 40.2 Å². The van der Waals surface area contributed by atoms with Crippen LogP contribution in [0.5, 0.6) is 0 Å². The fourth-order valence-corrected chi connectivity index (χ4v) is 2.84. The average molecular weight is 312 g/mol. The summed E-state index contributed by atoms with van der Waals surface area (Å²) in [4.78, 5) is 4.90. The summed E-state index contributed by atoms with van der Waals surface area (Å²) in [6.45, 7) is 10.1. The molecule has 1 heterocycles. The lowest BCUT2D eigenvalue weighted by Gasteiger charge is -2.35. The standard InChI is InChI=1S/C16H26ClN3O/c1-3-19-7-9-20(10-8-19)15-5-4-14(16(17)12-15)13-18-6-11-21-2/h4-5,12,18H,3,6-11,13H2,1-2H3. The molecule has 21 heavy (non-hydrogen) atoms. The molecule has 1 aliphatic heterocycles. The number of methoxy groups -OCH3 is 1. The number of hydrogen-bond acceptors (Lipinski definition) is 4. The maximum atomic E-state index is 6.41. The van der Waals surface area contributed by atoms with Crippen molar-refractivity contribution in [2.75, 3.05) is 57.9 Å². The van der Waals surface area contributed by atoms with E-state index in [0.29, 0.717) is 0 Å². The molecule has 0 bridgehead atoms. The molecule has 0 unspecified atom stereocenters. The maximum absolute atomic E-state index is 6.41. The Labute approximate surface area is 133 Å². The van der Waals surface area contributed by atoms with Crippen molar-refractivity contribution in [3.63, 3.8) is 0 Å². The van der Waals surface area contributed by atoms with Gasteiger partial charge >= 0.3 is 0 Å². The van der Waals surface area contributed by atoms with Crippen LogP contribution < -0.4 is 10.2 Å². The fraction of sp³-hybridized carbons (Fsp3) is 0.625. The monoisotopic (exact) mass is 311 g/mol. The van der Waals surface area contributed by atoms with Crippen molar-refractivity contribution >= 4 is 17.3 Å². The third kappa shape index (κ3) is 4.85. The van der Waals surface area contributed by atoms with Crippen molar-refractivity contribution in [2.45, 2.75) is 13.5 Å². The number of halogens is 1. The highest BCUT2D eigenvalue weighted by Gasteiger charge is 2.16. The van der Waals surface area contributed by atoms with Gasteiger partial charge in [0.2, 0.25) is 0 Å². The van der Waals surface area contributed by atoms with E-state index >= 15 is 0 Å². The van der Waals surface area contributed by atoms with Gasteiger partial charge in [-0.15, -0.1) is 0 Å². The average Bonchev–Trinajstić information content (AvgIpc) is 2.53. The van der Waals surface area contributed by atoms with Crippen molar-refractivity contribution in [3.8, 4) is 0 Å². The van der Waals surface area contributed by atoms with Crippen LogP contribution >= 0.6 is 11.6 Å². The number of nitrogens with zero attached hydrogens (tertiary/aromatic N) is 2. The first kappa shape index (κ1) is 16.6. The zero-order valence-corrected chi connectivity index (χ0v) is 13.8. The first-order valence-corrected chi connectivity index (χ1v) is 8.07. The largest absolute Gasteiger partial charge is 0.383 e. The molecule has 1 aromatic rings. The van der Waals surface area contributed by atoms with E-state index in [1.54, 1.807) is 7.11 Å². The molecular formula is C16H26ClN3O. The molecule has 2 rings (SSSR count). The number of ether oxygens (including phenoxy) is 1. The predicted molar refractivity (Wildman–Crippen MR) is 89.4 cm³/mol. The molecule has 0 aliphatic carbocycles. The van der Waals surface area contributed by atoms with Crippen LogP contribution in [-0.4, -0.2) is 57.9 Å². The van der Waals surface area contributed by atoms with Crippen molar-refractivity contribution in [2.24, 2.45) is 0 Å². The van der Waals surface area contributed by atoms with Crippen molar-refractivity contribution in [3.05, 3.63) is 28.8 Å². The van der Waals surface area contributed by atoms with E-state index in [9.17, 15) is 0 Å². The van der Waals surface area contributed by atoms with Crippen LogP contribution in [0.3, 0.4) is 0 Å². The number of piperazine rings is 1. The third-order valence-electron chi connectivity index (χ3n) is 4.02. The predicted octanol–water partition coefficient (Wildman–Crippen LogP) is 2.22. The van der Waals surface area contributed by atoms with E-state index in [0.717, 1.165) is 63.0 Å². The normalized spacial score (nSPS) is 16.4. The Bertz CT molecular complexity index is 434. The van der Waals surface area contributed by atoms with E-state index in [1.807, 2.05) is 0 Å². The maximum Gasteiger partial charge on any atom is 0.0587 e. The Morgan fingerprint density at radius 3 is 2.62 bits per heavy atom. The summed E-state index contributed by atoms with van der Waals surface area (Å²) in [5.41, 5.74) is 2.38. The number of benzene rings is 1. The molecule has 0 aromatic heterocycles. The van der Waals surface area contributed by atoms with Crippen LogP contribution in [0.2, 0.25) is 5.02 Å². The van der Waals surface area contributed by atoms with E-state index in [4.69, 9.17) is 16.3 Å². The second-order valence-corrected chi connectivity index (χ2v) is 5.77. The summed E-state index contributed by atoms with van der Waals surface area (Å²) in [7, 11) is 1.71. The first-order chi connectivity index (χ1) is 10.2. The summed E-state index contributed by atoms with van der Waals surface area (Å²) in [5, 5.41) is 4.17. The molecule has 0 amide bonds. The van der Waals surface area contributed by atoms with Gasteiger partial charge in [-0.25, -0.2) is 0 Å². The second-order valence-electron chi connectivity index (χ2n) is 5.37. The van der Waals surface area contributed by atoms with Crippen LogP contribution in [0, 0.1) is 0 Å². The van der Waals surface area contributed by atoms with E-state index in [-0.39, 0.29) is 0 Å². The number of rotatable bonds is 7. The summed E-state index contributed by atoms with van der Waals surface area (Å²) >= 11 is 6.41. The molecule has 118 valence electrons. The molecule has 5 heteroatoms. The highest BCUT2D eigenvalue weighted by molar-refractivity contribution is 6.31. The Hall–Kier alpha value is -0.810. The Kier molecular flexibility index (Phi) is 6.77. The third-order valence-corrected chi connectivity index (χ3v) is 4.37. The quantitative estimate of drug-likeness (QED) is 0.782. The molecule has 0 saturated carbocycles. The molecule has 0 spiro atoms. The van der Waals surface area contributed by atoms with E-state index < -0.39 is 0 Å². The lowest BCUT2D eigenvalue weighted by Crippen LogP contribution is -2.46. The fourth-order valence-electron chi connectivity index (χ4n) is 2.60. The van der Waals surface area contributed by atoms with Crippen LogP contribution in [0.15, 0.2) is 18.2 Å². The van der Waals surface area contributed by atoms with Crippen molar-refractivity contribution in [1.82, 2.24) is 10.2 Å². The zero-order valence-electron chi connectivity index (χ0n) is 13.1. The van der Waals surface area contributed by atoms with E-state index in [1.165, 1.54) is 5.69 Å². The topological polar surface area (TPSA) is 27.7 Å². The van der Waals surface area contributed by atoms with Gasteiger partial charge in [-0.2, -0.15) is 0 Å². The summed E-state index contributed by atoms with van der Waals surface area (Å²) in [6.07, 6.45) is 0. The SMILES string of the molecule is CCN1CCN(c2ccc(CNCCOC)c(Cl)c2)CC1. The van der Waals surface area contributed by atoms with Gasteiger partial charge in [0.05, 0.1) is 6.61 Å². The highest BCUT2D eigenvalue weighted by Crippen LogP contribution is 2.24. The Morgan fingerprint density at radius 2 is 2.00 bits per heavy atom. The number of likely N-dealkylation sites (N-methyl/N-ethyl adjacent to an activating group) is 1. The highest BCUT2D eigenvalue weighted by atomic mass is 35.5. The van der Waals surface area contributed by atoms with Gasteiger partial charge in [-0.05, 0) is 24.2 Å². The van der Waals surface area contributed by atoms with Crippen LogP contribution in [-0.2, 0) is 11.3 Å². The van der Waals surface area contributed by atoms with Gasteiger partial charge in [-0.3, -0.25) is 0 Å². The summed E-state index contributed by atoms with van der Waals surface area (Å²) in [6, 6.07) is 6.40. The Morgan fingerprint density at radius 1 is 1.24 bits per heavy atom.